The van der Waals surface area contributed by atoms with E-state index in [0.717, 1.165) is 4.47 Å². The molecule has 1 aromatic heterocycles. The van der Waals surface area contributed by atoms with Crippen molar-refractivity contribution in [2.75, 3.05) is 6.26 Å². The third-order valence-electron chi connectivity index (χ3n) is 3.91. The molecular weight excluding hydrogens is 398 g/mol. The van der Waals surface area contributed by atoms with Gasteiger partial charge in [0, 0.05) is 29.3 Å². The molecule has 6 nitrogen and oxygen atoms in total. The van der Waals surface area contributed by atoms with Gasteiger partial charge >= 0.3 is 6.16 Å². The van der Waals surface area contributed by atoms with E-state index in [1.165, 1.54) is 6.26 Å². The highest BCUT2D eigenvalue weighted by molar-refractivity contribution is 9.10. The van der Waals surface area contributed by atoms with E-state index in [0.29, 0.717) is 34.8 Å². The predicted octanol–water partition coefficient (Wildman–Crippen LogP) is 3.36. The van der Waals surface area contributed by atoms with Crippen molar-refractivity contribution in [3.63, 3.8) is 0 Å². The lowest BCUT2D eigenvalue weighted by Gasteiger charge is -2.08. The van der Waals surface area contributed by atoms with Gasteiger partial charge in [0.25, 0.3) is 0 Å². The number of ether oxygens (including phenoxy) is 1. The number of carbonyl (C=O) groups excluding carboxylic acids is 1. The summed E-state index contributed by atoms with van der Waals surface area (Å²) in [5.41, 5.74) is 1.39. The summed E-state index contributed by atoms with van der Waals surface area (Å²) in [5.74, 6) is -0.241. The fourth-order valence-corrected chi connectivity index (χ4v) is 3.90. The van der Waals surface area contributed by atoms with E-state index in [1.807, 2.05) is 0 Å². The maximum Gasteiger partial charge on any atom is 0.506 e. The van der Waals surface area contributed by atoms with Crippen molar-refractivity contribution in [3.8, 4) is 0 Å². The number of carboxylic acid groups (broad SMARTS) is 1. The maximum atomic E-state index is 12.9. The number of halogens is 1. The van der Waals surface area contributed by atoms with Gasteiger partial charge in [-0.2, -0.15) is 0 Å². The summed E-state index contributed by atoms with van der Waals surface area (Å²) in [6.45, 7) is 0.447. The SMILES string of the molecule is CS(=O)c1cc2n(c1C(=O)c1ccc(Br)cc1)CCC2OC(=O)O. The number of fused-ring (bicyclic) bond motifs is 1. The van der Waals surface area contributed by atoms with Crippen molar-refractivity contribution >= 4 is 38.7 Å². The first-order valence-electron chi connectivity index (χ1n) is 7.15. The van der Waals surface area contributed by atoms with Crippen LogP contribution in [0.1, 0.15) is 34.3 Å². The molecule has 0 bridgehead atoms. The second-order valence-electron chi connectivity index (χ2n) is 5.38. The molecule has 126 valence electrons. The molecule has 0 radical (unpaired) electrons. The Kier molecular flexibility index (Phi) is 4.60. The Morgan fingerprint density at radius 2 is 2.00 bits per heavy atom. The van der Waals surface area contributed by atoms with Gasteiger partial charge in [-0.3, -0.25) is 9.00 Å². The van der Waals surface area contributed by atoms with Gasteiger partial charge in [-0.25, -0.2) is 4.79 Å². The molecule has 2 unspecified atom stereocenters. The molecule has 1 aliphatic rings. The third kappa shape index (κ3) is 3.03. The van der Waals surface area contributed by atoms with E-state index in [-0.39, 0.29) is 5.78 Å². The van der Waals surface area contributed by atoms with Crippen LogP contribution in [0.25, 0.3) is 0 Å². The number of rotatable bonds is 4. The Labute approximate surface area is 149 Å². The highest BCUT2D eigenvalue weighted by Crippen LogP contribution is 2.35. The lowest BCUT2D eigenvalue weighted by molar-refractivity contribution is 0.0518. The minimum absolute atomic E-state index is 0.241. The summed E-state index contributed by atoms with van der Waals surface area (Å²) in [6.07, 6.45) is -0.0547. The number of benzene rings is 1. The quantitative estimate of drug-likeness (QED) is 0.615. The van der Waals surface area contributed by atoms with E-state index in [1.54, 1.807) is 34.9 Å². The first-order chi connectivity index (χ1) is 11.4. The fourth-order valence-electron chi connectivity index (χ4n) is 2.88. The summed E-state index contributed by atoms with van der Waals surface area (Å²) < 4.78 is 19.5. The molecule has 8 heteroatoms. The molecule has 0 saturated carbocycles. The number of hydrogen-bond acceptors (Lipinski definition) is 4. The highest BCUT2D eigenvalue weighted by Gasteiger charge is 2.33. The Morgan fingerprint density at radius 3 is 2.58 bits per heavy atom. The van der Waals surface area contributed by atoms with Crippen LogP contribution >= 0.6 is 15.9 Å². The lowest BCUT2D eigenvalue weighted by Crippen LogP contribution is -2.12. The monoisotopic (exact) mass is 411 g/mol. The van der Waals surface area contributed by atoms with Gasteiger partial charge < -0.3 is 14.4 Å². The van der Waals surface area contributed by atoms with Crippen molar-refractivity contribution < 1.29 is 23.6 Å². The zero-order valence-electron chi connectivity index (χ0n) is 12.7. The van der Waals surface area contributed by atoms with Crippen LogP contribution in [0.15, 0.2) is 39.7 Å². The molecule has 2 atom stereocenters. The van der Waals surface area contributed by atoms with Crippen molar-refractivity contribution in [2.24, 2.45) is 0 Å². The predicted molar refractivity (Wildman–Crippen MR) is 90.8 cm³/mol. The first-order valence-corrected chi connectivity index (χ1v) is 9.50. The zero-order valence-corrected chi connectivity index (χ0v) is 15.1. The molecule has 1 aliphatic heterocycles. The average Bonchev–Trinajstić information content (AvgIpc) is 3.07. The number of aromatic nitrogens is 1. The first kappa shape index (κ1) is 16.9. The molecule has 1 aromatic carbocycles. The third-order valence-corrected chi connectivity index (χ3v) is 5.37. The highest BCUT2D eigenvalue weighted by atomic mass is 79.9. The van der Waals surface area contributed by atoms with E-state index >= 15 is 0 Å². The molecule has 0 saturated heterocycles. The smallest absolute Gasteiger partial charge is 0.450 e. The molecule has 0 fully saturated rings. The normalized spacial score (nSPS) is 17.3. The van der Waals surface area contributed by atoms with Crippen LogP contribution in [0.5, 0.6) is 0 Å². The van der Waals surface area contributed by atoms with Gasteiger partial charge in [0.2, 0.25) is 5.78 Å². The molecule has 24 heavy (non-hydrogen) atoms. The van der Waals surface area contributed by atoms with Crippen molar-refractivity contribution in [2.45, 2.75) is 24.0 Å². The molecule has 2 aromatic rings. The molecule has 1 N–H and O–H groups in total. The minimum Gasteiger partial charge on any atom is -0.450 e. The van der Waals surface area contributed by atoms with Crippen LogP contribution in [-0.2, 0) is 22.1 Å². The number of carbonyl (C=O) groups is 2. The Morgan fingerprint density at radius 1 is 1.33 bits per heavy atom. The van der Waals surface area contributed by atoms with Crippen LogP contribution in [0, 0.1) is 0 Å². The topological polar surface area (TPSA) is 85.6 Å². The molecular formula is C16H14BrNO5S. The summed E-state index contributed by atoms with van der Waals surface area (Å²) in [5, 5.41) is 8.84. The second kappa shape index (κ2) is 6.52. The molecule has 3 rings (SSSR count). The molecule has 0 spiro atoms. The van der Waals surface area contributed by atoms with Crippen LogP contribution < -0.4 is 0 Å². The van der Waals surface area contributed by atoms with Gasteiger partial charge in [0.1, 0.15) is 11.8 Å². The van der Waals surface area contributed by atoms with Gasteiger partial charge in [-0.15, -0.1) is 0 Å². The van der Waals surface area contributed by atoms with Crippen molar-refractivity contribution in [1.82, 2.24) is 4.57 Å². The second-order valence-corrected chi connectivity index (χ2v) is 7.65. The van der Waals surface area contributed by atoms with Crippen LogP contribution in [0.3, 0.4) is 0 Å². The fraction of sp³-hybridized carbons (Fsp3) is 0.250. The standard InChI is InChI=1S/C16H14BrNO5S/c1-24(22)13-8-11-12(23-16(20)21)6-7-18(11)14(13)15(19)9-2-4-10(17)5-3-9/h2-5,8,12H,6-7H2,1H3,(H,20,21). The molecule has 0 aliphatic carbocycles. The summed E-state index contributed by atoms with van der Waals surface area (Å²) in [4.78, 5) is 24.1. The van der Waals surface area contributed by atoms with Crippen LogP contribution in [0.4, 0.5) is 4.79 Å². The lowest BCUT2D eigenvalue weighted by atomic mass is 10.1. The van der Waals surface area contributed by atoms with E-state index in [4.69, 9.17) is 9.84 Å². The number of ketones is 1. The van der Waals surface area contributed by atoms with E-state index in [2.05, 4.69) is 15.9 Å². The largest absolute Gasteiger partial charge is 0.506 e. The van der Waals surface area contributed by atoms with Gasteiger partial charge in [0.15, 0.2) is 0 Å². The maximum absolute atomic E-state index is 12.9. The Balaban J connectivity index is 2.07. The average molecular weight is 412 g/mol. The number of nitrogens with zero attached hydrogens (tertiary/aromatic N) is 1. The minimum atomic E-state index is -1.38. The van der Waals surface area contributed by atoms with E-state index in [9.17, 15) is 13.8 Å². The zero-order chi connectivity index (χ0) is 17.4. The van der Waals surface area contributed by atoms with Gasteiger partial charge in [0.05, 0.1) is 21.4 Å². The summed E-state index contributed by atoms with van der Waals surface area (Å²) in [6, 6.07) is 8.52. The van der Waals surface area contributed by atoms with Gasteiger partial charge in [-0.1, -0.05) is 15.9 Å². The number of hydrogen-bond donors (Lipinski definition) is 1. The molecule has 0 amide bonds. The van der Waals surface area contributed by atoms with Crippen LogP contribution in [0.2, 0.25) is 0 Å². The summed E-state index contributed by atoms with van der Waals surface area (Å²) in [7, 11) is -1.38. The Bertz CT molecular complexity index is 843. The van der Waals surface area contributed by atoms with Crippen LogP contribution in [-0.4, -0.2) is 32.1 Å². The molecule has 2 heterocycles. The summed E-state index contributed by atoms with van der Waals surface area (Å²) >= 11 is 3.32. The van der Waals surface area contributed by atoms with Crippen molar-refractivity contribution in [1.29, 1.82) is 0 Å². The Hall–Kier alpha value is -1.93. The van der Waals surface area contributed by atoms with Crippen molar-refractivity contribution in [3.05, 3.63) is 51.8 Å². The van der Waals surface area contributed by atoms with E-state index < -0.39 is 23.1 Å². The van der Waals surface area contributed by atoms with Gasteiger partial charge in [-0.05, 0) is 30.3 Å².